The van der Waals surface area contributed by atoms with E-state index in [2.05, 4.69) is 6.92 Å². The maximum atomic E-state index is 12.3. The van der Waals surface area contributed by atoms with Crippen LogP contribution >= 0.6 is 0 Å². The van der Waals surface area contributed by atoms with Crippen LogP contribution in [0.4, 0.5) is 5.69 Å². The van der Waals surface area contributed by atoms with Crippen LogP contribution in [0.15, 0.2) is 18.2 Å². The molecule has 24 heavy (non-hydrogen) atoms. The van der Waals surface area contributed by atoms with Gasteiger partial charge in [0.2, 0.25) is 12.3 Å². The molecule has 2 amide bonds. The monoisotopic (exact) mass is 331 g/mol. The molecular formula is C21H33NO2. The van der Waals surface area contributed by atoms with Crippen molar-refractivity contribution in [3.8, 4) is 0 Å². The van der Waals surface area contributed by atoms with Crippen molar-refractivity contribution in [1.82, 2.24) is 0 Å². The van der Waals surface area contributed by atoms with Gasteiger partial charge < -0.3 is 0 Å². The number of nitrogens with zero attached hydrogens (tertiary/aromatic N) is 1. The Morgan fingerprint density at radius 2 is 1.38 bits per heavy atom. The number of rotatable bonds is 12. The molecule has 3 heteroatoms. The maximum Gasteiger partial charge on any atom is 0.233 e. The molecule has 0 spiro atoms. The lowest BCUT2D eigenvalue weighted by atomic mass is 10.1. The molecule has 0 aliphatic carbocycles. The van der Waals surface area contributed by atoms with E-state index >= 15 is 0 Å². The van der Waals surface area contributed by atoms with Gasteiger partial charge in [-0.05, 0) is 43.5 Å². The summed E-state index contributed by atoms with van der Waals surface area (Å²) in [5.41, 5.74) is 2.81. The molecule has 3 nitrogen and oxygen atoms in total. The molecule has 0 saturated heterocycles. The van der Waals surface area contributed by atoms with E-state index in [9.17, 15) is 9.59 Å². The van der Waals surface area contributed by atoms with Crippen molar-refractivity contribution in [3.05, 3.63) is 29.3 Å². The number of imide groups is 1. The highest BCUT2D eigenvalue weighted by atomic mass is 16.2. The van der Waals surface area contributed by atoms with Gasteiger partial charge in [0.25, 0.3) is 0 Å². The molecule has 0 fully saturated rings. The number of amides is 2. The summed E-state index contributed by atoms with van der Waals surface area (Å²) in [5, 5.41) is 0. The summed E-state index contributed by atoms with van der Waals surface area (Å²) < 4.78 is 0. The van der Waals surface area contributed by atoms with Gasteiger partial charge in [-0.25, -0.2) is 0 Å². The van der Waals surface area contributed by atoms with Crippen LogP contribution in [-0.4, -0.2) is 12.3 Å². The standard InChI is InChI=1S/C21H33NO2/c1-4-5-6-7-8-9-10-11-12-13-21(24)22(17-23)20-15-18(2)14-19(3)16-20/h14-17H,4-13H2,1-3H3. The Bertz CT molecular complexity index is 490. The van der Waals surface area contributed by atoms with Crippen molar-refractivity contribution in [3.63, 3.8) is 0 Å². The highest BCUT2D eigenvalue weighted by Crippen LogP contribution is 2.19. The van der Waals surface area contributed by atoms with Gasteiger partial charge in [-0.2, -0.15) is 0 Å². The lowest BCUT2D eigenvalue weighted by Gasteiger charge is -2.17. The van der Waals surface area contributed by atoms with E-state index in [0.29, 0.717) is 18.5 Å². The molecule has 0 bridgehead atoms. The first kappa shape index (κ1) is 20.4. The molecule has 0 heterocycles. The highest BCUT2D eigenvalue weighted by molar-refractivity contribution is 6.06. The lowest BCUT2D eigenvalue weighted by Crippen LogP contribution is -2.29. The second kappa shape index (κ2) is 11.8. The van der Waals surface area contributed by atoms with Crippen molar-refractivity contribution >= 4 is 18.0 Å². The van der Waals surface area contributed by atoms with Gasteiger partial charge in [0.1, 0.15) is 0 Å². The van der Waals surface area contributed by atoms with Crippen LogP contribution in [0.3, 0.4) is 0 Å². The molecule has 0 N–H and O–H groups in total. The zero-order valence-corrected chi connectivity index (χ0v) is 15.6. The number of hydrogen-bond acceptors (Lipinski definition) is 2. The molecule has 1 aromatic rings. The first-order valence-electron chi connectivity index (χ1n) is 9.44. The SMILES string of the molecule is CCCCCCCCCCCC(=O)N(C=O)c1cc(C)cc(C)c1. The third-order valence-corrected chi connectivity index (χ3v) is 4.35. The largest absolute Gasteiger partial charge is 0.278 e. The molecule has 0 aromatic heterocycles. The van der Waals surface area contributed by atoms with Crippen LogP contribution in [0.25, 0.3) is 0 Å². The molecule has 0 aliphatic heterocycles. The van der Waals surface area contributed by atoms with Gasteiger partial charge in [0, 0.05) is 6.42 Å². The third kappa shape index (κ3) is 7.76. The van der Waals surface area contributed by atoms with E-state index in [1.807, 2.05) is 32.0 Å². The molecular weight excluding hydrogens is 298 g/mol. The summed E-state index contributed by atoms with van der Waals surface area (Å²) in [5.74, 6) is -0.0991. The van der Waals surface area contributed by atoms with E-state index in [4.69, 9.17) is 0 Å². The van der Waals surface area contributed by atoms with Crippen LogP contribution < -0.4 is 4.90 Å². The fourth-order valence-electron chi connectivity index (χ4n) is 3.06. The Kier molecular flexibility index (Phi) is 10.1. The van der Waals surface area contributed by atoms with Gasteiger partial charge in [-0.15, -0.1) is 0 Å². The summed E-state index contributed by atoms with van der Waals surface area (Å²) in [6, 6.07) is 5.81. The second-order valence-corrected chi connectivity index (χ2v) is 6.79. The maximum absolute atomic E-state index is 12.3. The topological polar surface area (TPSA) is 37.4 Å². The van der Waals surface area contributed by atoms with Gasteiger partial charge in [0.15, 0.2) is 0 Å². The predicted octanol–water partition coefficient (Wildman–Crippen LogP) is 5.71. The lowest BCUT2D eigenvalue weighted by molar-refractivity contribution is -0.122. The number of aryl methyl sites for hydroxylation is 2. The van der Waals surface area contributed by atoms with Crippen molar-refractivity contribution in [1.29, 1.82) is 0 Å². The highest BCUT2D eigenvalue weighted by Gasteiger charge is 2.15. The van der Waals surface area contributed by atoms with Gasteiger partial charge in [-0.1, -0.05) is 64.4 Å². The van der Waals surface area contributed by atoms with E-state index in [-0.39, 0.29) is 5.91 Å². The Hall–Kier alpha value is -1.64. The number of unbranched alkanes of at least 4 members (excludes halogenated alkanes) is 8. The van der Waals surface area contributed by atoms with Crippen LogP contribution in [0.1, 0.15) is 82.3 Å². The van der Waals surface area contributed by atoms with Crippen LogP contribution in [0.2, 0.25) is 0 Å². The van der Waals surface area contributed by atoms with Crippen molar-refractivity contribution in [2.45, 2.75) is 85.0 Å². The van der Waals surface area contributed by atoms with Crippen LogP contribution in [0.5, 0.6) is 0 Å². The first-order valence-corrected chi connectivity index (χ1v) is 9.44. The van der Waals surface area contributed by atoms with Gasteiger partial charge in [0.05, 0.1) is 5.69 Å². The first-order chi connectivity index (χ1) is 11.6. The molecule has 0 atom stereocenters. The van der Waals surface area contributed by atoms with Gasteiger partial charge >= 0.3 is 0 Å². The molecule has 0 radical (unpaired) electrons. The molecule has 0 unspecified atom stereocenters. The van der Waals surface area contributed by atoms with E-state index in [1.54, 1.807) is 0 Å². The van der Waals surface area contributed by atoms with Crippen molar-refractivity contribution < 1.29 is 9.59 Å². The second-order valence-electron chi connectivity index (χ2n) is 6.79. The van der Waals surface area contributed by atoms with Crippen molar-refractivity contribution in [2.75, 3.05) is 4.90 Å². The summed E-state index contributed by atoms with van der Waals surface area (Å²) >= 11 is 0. The number of hydrogen-bond donors (Lipinski definition) is 0. The molecule has 134 valence electrons. The summed E-state index contributed by atoms with van der Waals surface area (Å²) in [6.45, 7) is 6.19. The predicted molar refractivity (Wildman–Crippen MR) is 101 cm³/mol. The summed E-state index contributed by atoms with van der Waals surface area (Å²) in [7, 11) is 0. The molecule has 0 saturated carbocycles. The van der Waals surface area contributed by atoms with Crippen LogP contribution in [0, 0.1) is 13.8 Å². The quantitative estimate of drug-likeness (QED) is 0.363. The normalized spacial score (nSPS) is 10.6. The zero-order valence-electron chi connectivity index (χ0n) is 15.6. The van der Waals surface area contributed by atoms with E-state index in [0.717, 1.165) is 24.0 Å². The van der Waals surface area contributed by atoms with Crippen molar-refractivity contribution in [2.24, 2.45) is 0 Å². The smallest absolute Gasteiger partial charge is 0.233 e. The Morgan fingerprint density at radius 3 is 1.88 bits per heavy atom. The van der Waals surface area contributed by atoms with Gasteiger partial charge in [-0.3, -0.25) is 14.5 Å². The third-order valence-electron chi connectivity index (χ3n) is 4.35. The Morgan fingerprint density at radius 1 is 0.875 bits per heavy atom. The average molecular weight is 332 g/mol. The molecule has 1 rings (SSSR count). The average Bonchev–Trinajstić information content (AvgIpc) is 2.53. The minimum atomic E-state index is -0.0991. The number of anilines is 1. The Balaban J connectivity index is 2.29. The number of carbonyl (C=O) groups excluding carboxylic acids is 2. The minimum absolute atomic E-state index is 0.0991. The number of carbonyl (C=O) groups is 2. The zero-order chi connectivity index (χ0) is 17.8. The fourth-order valence-corrected chi connectivity index (χ4v) is 3.06. The summed E-state index contributed by atoms with van der Waals surface area (Å²) in [6.07, 6.45) is 12.1. The summed E-state index contributed by atoms with van der Waals surface area (Å²) in [4.78, 5) is 24.9. The van der Waals surface area contributed by atoms with E-state index in [1.165, 1.54) is 49.8 Å². The molecule has 0 aliphatic rings. The molecule has 1 aromatic carbocycles. The van der Waals surface area contributed by atoms with Crippen LogP contribution in [-0.2, 0) is 9.59 Å². The van der Waals surface area contributed by atoms with E-state index < -0.39 is 0 Å². The number of benzene rings is 1. The Labute approximate surface area is 147 Å². The minimum Gasteiger partial charge on any atom is -0.278 e. The fraction of sp³-hybridized carbons (Fsp3) is 0.619.